The Bertz CT molecular complexity index is 723. The van der Waals surface area contributed by atoms with Crippen LogP contribution in [0, 0.1) is 4.64 Å². The quantitative estimate of drug-likeness (QED) is 0.817. The lowest BCUT2D eigenvalue weighted by Crippen LogP contribution is -2.16. The van der Waals surface area contributed by atoms with Gasteiger partial charge in [-0.2, -0.15) is 0 Å². The summed E-state index contributed by atoms with van der Waals surface area (Å²) in [6.07, 6.45) is 3.15. The van der Waals surface area contributed by atoms with E-state index in [2.05, 4.69) is 34.2 Å². The van der Waals surface area contributed by atoms with Crippen molar-refractivity contribution in [2.24, 2.45) is 0 Å². The summed E-state index contributed by atoms with van der Waals surface area (Å²) in [4.78, 5) is 8.18. The summed E-state index contributed by atoms with van der Waals surface area (Å²) in [6, 6.07) is 8.66. The molecule has 2 aromatic rings. The zero-order valence-corrected chi connectivity index (χ0v) is 12.0. The second-order valence-electron chi connectivity index (χ2n) is 5.48. The van der Waals surface area contributed by atoms with E-state index in [4.69, 9.17) is 17.0 Å². The number of aryl methyl sites for hydroxylation is 1. The largest absolute Gasteiger partial charge is 0.376 e. The van der Waals surface area contributed by atoms with E-state index in [0.717, 1.165) is 37.3 Å². The Morgan fingerprint density at radius 1 is 1.25 bits per heavy atom. The van der Waals surface area contributed by atoms with Crippen molar-refractivity contribution in [3.05, 3.63) is 57.1 Å². The summed E-state index contributed by atoms with van der Waals surface area (Å²) in [5.41, 5.74) is 5.13. The van der Waals surface area contributed by atoms with Crippen LogP contribution in [0.15, 0.2) is 24.3 Å². The van der Waals surface area contributed by atoms with Crippen molar-refractivity contribution in [1.29, 1.82) is 0 Å². The van der Waals surface area contributed by atoms with Crippen molar-refractivity contribution in [1.82, 2.24) is 9.97 Å². The summed E-state index contributed by atoms with van der Waals surface area (Å²) >= 11 is 5.45. The second kappa shape index (κ2) is 4.79. The second-order valence-corrected chi connectivity index (χ2v) is 5.86. The number of fused-ring (bicyclic) bond motifs is 2. The van der Waals surface area contributed by atoms with Crippen LogP contribution in [0.1, 0.15) is 40.5 Å². The van der Waals surface area contributed by atoms with Gasteiger partial charge in [-0.25, -0.2) is 4.98 Å². The van der Waals surface area contributed by atoms with Gasteiger partial charge < -0.3 is 9.72 Å². The van der Waals surface area contributed by atoms with E-state index in [1.165, 1.54) is 16.8 Å². The molecule has 102 valence electrons. The van der Waals surface area contributed by atoms with Gasteiger partial charge in [-0.1, -0.05) is 36.5 Å². The molecule has 0 saturated heterocycles. The van der Waals surface area contributed by atoms with Gasteiger partial charge in [-0.3, -0.25) is 0 Å². The van der Waals surface area contributed by atoms with Crippen LogP contribution in [0.2, 0.25) is 0 Å². The maximum atomic E-state index is 5.47. The minimum absolute atomic E-state index is 0.362. The Morgan fingerprint density at radius 2 is 2.15 bits per heavy atom. The minimum atomic E-state index is 0.362. The van der Waals surface area contributed by atoms with E-state index in [-0.39, 0.29) is 0 Å². The van der Waals surface area contributed by atoms with Gasteiger partial charge >= 0.3 is 0 Å². The average Bonchev–Trinajstić information content (AvgIpc) is 2.91. The molecule has 2 aliphatic rings. The van der Waals surface area contributed by atoms with E-state index >= 15 is 0 Å². The summed E-state index contributed by atoms with van der Waals surface area (Å²) in [5, 5.41) is 0. The Labute approximate surface area is 123 Å². The summed E-state index contributed by atoms with van der Waals surface area (Å²) < 4.78 is 6.18. The molecule has 4 rings (SSSR count). The van der Waals surface area contributed by atoms with E-state index in [9.17, 15) is 0 Å². The molecule has 0 spiro atoms. The first-order valence-corrected chi connectivity index (χ1v) is 7.51. The van der Waals surface area contributed by atoms with Crippen LogP contribution in [0.4, 0.5) is 0 Å². The summed E-state index contributed by atoms with van der Waals surface area (Å²) in [7, 11) is 0. The van der Waals surface area contributed by atoms with Crippen LogP contribution in [0.5, 0.6) is 0 Å². The molecule has 2 heterocycles. The maximum Gasteiger partial charge on any atom is 0.135 e. The SMILES string of the molecule is S=c1nc(C2CCc3ccccc32)[nH]c2c1COCC2. The molecule has 1 atom stereocenters. The zero-order chi connectivity index (χ0) is 13.5. The number of hydrogen-bond acceptors (Lipinski definition) is 3. The molecule has 0 amide bonds. The fraction of sp³-hybridized carbons (Fsp3) is 0.375. The van der Waals surface area contributed by atoms with Crippen LogP contribution in [-0.4, -0.2) is 16.6 Å². The number of aromatic nitrogens is 2. The van der Waals surface area contributed by atoms with Crippen LogP contribution in [-0.2, 0) is 24.2 Å². The van der Waals surface area contributed by atoms with Gasteiger partial charge in [0.1, 0.15) is 10.5 Å². The molecule has 1 N–H and O–H groups in total. The average molecular weight is 284 g/mol. The van der Waals surface area contributed by atoms with Gasteiger partial charge in [0.2, 0.25) is 0 Å². The highest BCUT2D eigenvalue weighted by Crippen LogP contribution is 2.36. The van der Waals surface area contributed by atoms with Crippen molar-refractivity contribution < 1.29 is 4.74 Å². The number of benzene rings is 1. The highest BCUT2D eigenvalue weighted by Gasteiger charge is 2.26. The van der Waals surface area contributed by atoms with Gasteiger partial charge in [-0.05, 0) is 24.0 Å². The van der Waals surface area contributed by atoms with Crippen LogP contribution >= 0.6 is 12.2 Å². The minimum Gasteiger partial charge on any atom is -0.376 e. The van der Waals surface area contributed by atoms with Crippen LogP contribution < -0.4 is 0 Å². The van der Waals surface area contributed by atoms with Gasteiger partial charge in [0.15, 0.2) is 0 Å². The molecule has 0 saturated carbocycles. The zero-order valence-electron chi connectivity index (χ0n) is 11.2. The molecule has 1 aliphatic heterocycles. The molecular weight excluding hydrogens is 268 g/mol. The topological polar surface area (TPSA) is 37.9 Å². The van der Waals surface area contributed by atoms with Crippen molar-refractivity contribution in [3.63, 3.8) is 0 Å². The first kappa shape index (κ1) is 12.2. The van der Waals surface area contributed by atoms with E-state index in [1.54, 1.807) is 0 Å². The first-order valence-electron chi connectivity index (χ1n) is 7.10. The van der Waals surface area contributed by atoms with E-state index < -0.39 is 0 Å². The fourth-order valence-electron chi connectivity index (χ4n) is 3.28. The fourth-order valence-corrected chi connectivity index (χ4v) is 3.56. The number of nitrogens with zero attached hydrogens (tertiary/aromatic N) is 1. The van der Waals surface area contributed by atoms with Gasteiger partial charge in [0.05, 0.1) is 13.2 Å². The predicted molar refractivity (Wildman–Crippen MR) is 79.4 cm³/mol. The Balaban J connectivity index is 1.81. The highest BCUT2D eigenvalue weighted by molar-refractivity contribution is 7.71. The molecular formula is C16H16N2OS. The maximum absolute atomic E-state index is 5.47. The van der Waals surface area contributed by atoms with Crippen molar-refractivity contribution in [3.8, 4) is 0 Å². The number of nitrogens with one attached hydrogen (secondary N) is 1. The number of rotatable bonds is 1. The summed E-state index contributed by atoms with van der Waals surface area (Å²) in [6.45, 7) is 1.36. The molecule has 1 unspecified atom stereocenters. The Hall–Kier alpha value is -1.52. The molecule has 20 heavy (non-hydrogen) atoms. The Kier molecular flexibility index (Phi) is 2.93. The van der Waals surface area contributed by atoms with Crippen LogP contribution in [0.3, 0.4) is 0 Å². The highest BCUT2D eigenvalue weighted by atomic mass is 32.1. The molecule has 1 aliphatic carbocycles. The first-order chi connectivity index (χ1) is 9.83. The van der Waals surface area contributed by atoms with Crippen molar-refractivity contribution in [2.75, 3.05) is 6.61 Å². The molecule has 4 heteroatoms. The molecule has 0 bridgehead atoms. The van der Waals surface area contributed by atoms with Gasteiger partial charge in [0.25, 0.3) is 0 Å². The number of hydrogen-bond donors (Lipinski definition) is 1. The summed E-state index contributed by atoms with van der Waals surface area (Å²) in [5.74, 6) is 1.39. The smallest absolute Gasteiger partial charge is 0.135 e. The molecule has 1 aromatic heterocycles. The van der Waals surface area contributed by atoms with Crippen LogP contribution in [0.25, 0.3) is 0 Å². The number of H-pyrrole nitrogens is 1. The van der Waals surface area contributed by atoms with E-state index in [0.29, 0.717) is 17.2 Å². The molecule has 3 nitrogen and oxygen atoms in total. The third kappa shape index (κ3) is 1.91. The lowest BCUT2D eigenvalue weighted by Gasteiger charge is -2.19. The van der Waals surface area contributed by atoms with Crippen molar-refractivity contribution in [2.45, 2.75) is 31.8 Å². The van der Waals surface area contributed by atoms with E-state index in [1.807, 2.05) is 0 Å². The lowest BCUT2D eigenvalue weighted by atomic mass is 10.00. The van der Waals surface area contributed by atoms with Gasteiger partial charge in [-0.15, -0.1) is 0 Å². The number of ether oxygens (including phenoxy) is 1. The number of aromatic amines is 1. The predicted octanol–water partition coefficient (Wildman–Crippen LogP) is 3.29. The van der Waals surface area contributed by atoms with Gasteiger partial charge in [0, 0.05) is 23.6 Å². The lowest BCUT2D eigenvalue weighted by molar-refractivity contribution is 0.108. The normalized spacial score (nSPS) is 20.5. The molecule has 1 aromatic carbocycles. The monoisotopic (exact) mass is 284 g/mol. The Morgan fingerprint density at radius 3 is 3.10 bits per heavy atom. The third-order valence-electron chi connectivity index (χ3n) is 4.33. The standard InChI is InChI=1S/C16H16N2OS/c20-16-13-9-19-8-7-14(13)17-15(18-16)12-6-5-10-3-1-2-4-11(10)12/h1-4,12H,5-9H2,(H,17,18,20). The third-order valence-corrected chi connectivity index (χ3v) is 4.67. The molecule has 0 radical (unpaired) electrons. The van der Waals surface area contributed by atoms with Crippen molar-refractivity contribution >= 4 is 12.2 Å². The molecule has 0 fully saturated rings.